The van der Waals surface area contributed by atoms with E-state index in [1.165, 1.54) is 11.8 Å². The van der Waals surface area contributed by atoms with E-state index in [1.807, 2.05) is 36.6 Å². The van der Waals surface area contributed by atoms with Crippen LogP contribution in [0, 0.1) is 12.8 Å². The second-order valence-electron chi connectivity index (χ2n) is 8.06. The molecule has 170 valence electrons. The lowest BCUT2D eigenvalue weighted by Gasteiger charge is -2.28. The Morgan fingerprint density at radius 1 is 1.28 bits per heavy atom. The number of amides is 1. The molecule has 3 heterocycles. The number of aryl methyl sites for hydroxylation is 1. The van der Waals surface area contributed by atoms with Crippen LogP contribution in [0.4, 0.5) is 11.6 Å². The lowest BCUT2D eigenvalue weighted by atomic mass is 10.1. The highest BCUT2D eigenvalue weighted by Gasteiger charge is 2.21. The topological polar surface area (TPSA) is 85.2 Å². The average molecular weight is 473 g/mol. The zero-order valence-corrected chi connectivity index (χ0v) is 20.2. The Balaban J connectivity index is 1.41. The number of hydrogen-bond acceptors (Lipinski definition) is 8. The fourth-order valence-corrected chi connectivity index (χ4v) is 4.85. The molecule has 1 N–H and O–H groups in total. The first kappa shape index (κ1) is 22.8. The molecule has 1 aliphatic rings. The number of thiazole rings is 1. The Kier molecular flexibility index (Phi) is 7.44. The van der Waals surface area contributed by atoms with Crippen molar-refractivity contribution >= 4 is 40.6 Å². The Bertz CT molecular complexity index is 1060. The smallest absolute Gasteiger partial charge is 0.234 e. The molecule has 0 unspecified atom stereocenters. The molecule has 1 aromatic carbocycles. The molecule has 4 rings (SSSR count). The molecule has 1 aliphatic heterocycles. The van der Waals surface area contributed by atoms with Crippen LogP contribution >= 0.6 is 23.1 Å². The van der Waals surface area contributed by atoms with Gasteiger partial charge in [0, 0.05) is 36.3 Å². The minimum absolute atomic E-state index is 0.0753. The Morgan fingerprint density at radius 3 is 2.81 bits per heavy atom. The molecule has 8 nitrogen and oxygen atoms in total. The zero-order chi connectivity index (χ0) is 22.5. The standard InChI is InChI=1S/C22H28N6O2S2/c1-15(2)12-28-21(27-7-9-30-10-8-27)25-26-22(28)32-14-20(29)24-18-6-4-5-17(11-18)19-13-31-16(3)23-19/h4-6,11,13,15H,7-10,12,14H2,1-3H3,(H,24,29). The number of rotatable bonds is 8. The van der Waals surface area contributed by atoms with Crippen molar-refractivity contribution in [2.24, 2.45) is 5.92 Å². The predicted molar refractivity (Wildman–Crippen MR) is 130 cm³/mol. The summed E-state index contributed by atoms with van der Waals surface area (Å²) < 4.78 is 7.59. The van der Waals surface area contributed by atoms with Gasteiger partial charge in [0.1, 0.15) is 0 Å². The molecule has 0 spiro atoms. The minimum atomic E-state index is -0.0753. The maximum Gasteiger partial charge on any atom is 0.234 e. The second-order valence-corrected chi connectivity index (χ2v) is 10.1. The number of morpholine rings is 1. The van der Waals surface area contributed by atoms with Crippen LogP contribution in [0.2, 0.25) is 0 Å². The molecule has 0 aliphatic carbocycles. The maximum absolute atomic E-state index is 12.6. The number of aromatic nitrogens is 4. The fraction of sp³-hybridized carbons (Fsp3) is 0.455. The van der Waals surface area contributed by atoms with Crippen LogP contribution in [0.3, 0.4) is 0 Å². The molecule has 2 aromatic heterocycles. The van der Waals surface area contributed by atoms with Crippen molar-refractivity contribution < 1.29 is 9.53 Å². The first-order valence-electron chi connectivity index (χ1n) is 10.7. The fourth-order valence-electron chi connectivity index (χ4n) is 3.49. The highest BCUT2D eigenvalue weighted by Crippen LogP contribution is 2.26. The molecule has 10 heteroatoms. The molecule has 0 bridgehead atoms. The molecular weight excluding hydrogens is 444 g/mol. The molecular formula is C22H28N6O2S2. The summed E-state index contributed by atoms with van der Waals surface area (Å²) in [7, 11) is 0. The molecule has 1 fully saturated rings. The monoisotopic (exact) mass is 472 g/mol. The maximum atomic E-state index is 12.6. The first-order chi connectivity index (χ1) is 15.5. The van der Waals surface area contributed by atoms with E-state index in [0.29, 0.717) is 19.1 Å². The zero-order valence-electron chi connectivity index (χ0n) is 18.6. The van der Waals surface area contributed by atoms with Gasteiger partial charge in [0.2, 0.25) is 11.9 Å². The number of nitrogens with zero attached hydrogens (tertiary/aromatic N) is 5. The quantitative estimate of drug-likeness (QED) is 0.497. The van der Waals surface area contributed by atoms with E-state index in [-0.39, 0.29) is 11.7 Å². The van der Waals surface area contributed by atoms with Gasteiger partial charge in [-0.3, -0.25) is 9.36 Å². The van der Waals surface area contributed by atoms with Gasteiger partial charge in [-0.2, -0.15) is 0 Å². The Labute approximate surface area is 196 Å². The number of carbonyl (C=O) groups is 1. The van der Waals surface area contributed by atoms with Crippen molar-refractivity contribution in [2.75, 3.05) is 42.3 Å². The van der Waals surface area contributed by atoms with E-state index in [4.69, 9.17) is 4.74 Å². The van der Waals surface area contributed by atoms with Crippen LogP contribution in [-0.4, -0.2) is 57.7 Å². The number of nitrogens with one attached hydrogen (secondary N) is 1. The Morgan fingerprint density at radius 2 is 2.09 bits per heavy atom. The van der Waals surface area contributed by atoms with Crippen molar-refractivity contribution in [2.45, 2.75) is 32.5 Å². The molecule has 0 saturated carbocycles. The van der Waals surface area contributed by atoms with Crippen LogP contribution in [-0.2, 0) is 16.1 Å². The van der Waals surface area contributed by atoms with Gasteiger partial charge in [-0.15, -0.1) is 21.5 Å². The van der Waals surface area contributed by atoms with Crippen molar-refractivity contribution in [3.63, 3.8) is 0 Å². The summed E-state index contributed by atoms with van der Waals surface area (Å²) in [6.45, 7) is 10.1. The van der Waals surface area contributed by atoms with Gasteiger partial charge in [0.15, 0.2) is 5.16 Å². The average Bonchev–Trinajstić information content (AvgIpc) is 3.39. The van der Waals surface area contributed by atoms with E-state index in [1.54, 1.807) is 11.3 Å². The van der Waals surface area contributed by atoms with Gasteiger partial charge >= 0.3 is 0 Å². The molecule has 0 radical (unpaired) electrons. The lowest BCUT2D eigenvalue weighted by Crippen LogP contribution is -2.38. The van der Waals surface area contributed by atoms with Gasteiger partial charge in [-0.05, 0) is 25.0 Å². The molecule has 0 atom stereocenters. The van der Waals surface area contributed by atoms with E-state index >= 15 is 0 Å². The summed E-state index contributed by atoms with van der Waals surface area (Å²) in [6, 6.07) is 7.78. The van der Waals surface area contributed by atoms with Crippen molar-refractivity contribution in [1.29, 1.82) is 0 Å². The molecule has 1 saturated heterocycles. The van der Waals surface area contributed by atoms with Crippen molar-refractivity contribution in [1.82, 2.24) is 19.7 Å². The highest BCUT2D eigenvalue weighted by atomic mass is 32.2. The molecule has 1 amide bonds. The van der Waals surface area contributed by atoms with Crippen molar-refractivity contribution in [3.8, 4) is 11.3 Å². The third-order valence-corrected chi connectivity index (χ3v) is 6.67. The third kappa shape index (κ3) is 5.67. The van der Waals surface area contributed by atoms with Crippen LogP contribution < -0.4 is 10.2 Å². The molecule has 32 heavy (non-hydrogen) atoms. The molecule has 3 aromatic rings. The van der Waals surface area contributed by atoms with Crippen LogP contribution in [0.15, 0.2) is 34.8 Å². The van der Waals surface area contributed by atoms with E-state index in [9.17, 15) is 4.79 Å². The largest absolute Gasteiger partial charge is 0.378 e. The van der Waals surface area contributed by atoms with Crippen LogP contribution in [0.1, 0.15) is 18.9 Å². The first-order valence-corrected chi connectivity index (χ1v) is 12.6. The van der Waals surface area contributed by atoms with Crippen LogP contribution in [0.5, 0.6) is 0 Å². The number of anilines is 2. The summed E-state index contributed by atoms with van der Waals surface area (Å²) in [6.07, 6.45) is 0. The van der Waals surface area contributed by atoms with E-state index < -0.39 is 0 Å². The Hall–Kier alpha value is -2.43. The van der Waals surface area contributed by atoms with Gasteiger partial charge in [0.25, 0.3) is 0 Å². The summed E-state index contributed by atoms with van der Waals surface area (Å²) in [5.74, 6) is 1.49. The number of ether oxygens (including phenoxy) is 1. The van der Waals surface area contributed by atoms with Crippen LogP contribution in [0.25, 0.3) is 11.3 Å². The second kappa shape index (κ2) is 10.5. The van der Waals surface area contributed by atoms with Gasteiger partial charge in [0.05, 0.1) is 29.7 Å². The van der Waals surface area contributed by atoms with E-state index in [0.717, 1.165) is 52.7 Å². The SMILES string of the molecule is Cc1nc(-c2cccc(NC(=O)CSc3nnc(N4CCOCC4)n3CC(C)C)c2)cs1. The minimum Gasteiger partial charge on any atom is -0.378 e. The van der Waals surface area contributed by atoms with Gasteiger partial charge in [-0.25, -0.2) is 4.98 Å². The van der Waals surface area contributed by atoms with E-state index in [2.05, 4.69) is 43.8 Å². The number of carbonyl (C=O) groups excluding carboxylic acids is 1. The summed E-state index contributed by atoms with van der Waals surface area (Å²) in [5.41, 5.74) is 2.68. The number of benzene rings is 1. The third-order valence-electron chi connectivity index (χ3n) is 4.93. The summed E-state index contributed by atoms with van der Waals surface area (Å²) in [4.78, 5) is 19.4. The lowest BCUT2D eigenvalue weighted by molar-refractivity contribution is -0.113. The summed E-state index contributed by atoms with van der Waals surface area (Å²) in [5, 5.41) is 15.6. The van der Waals surface area contributed by atoms with Gasteiger partial charge in [-0.1, -0.05) is 37.7 Å². The van der Waals surface area contributed by atoms with Gasteiger partial charge < -0.3 is 15.0 Å². The number of hydrogen-bond donors (Lipinski definition) is 1. The summed E-state index contributed by atoms with van der Waals surface area (Å²) >= 11 is 3.03. The predicted octanol–water partition coefficient (Wildman–Crippen LogP) is 3.93. The highest BCUT2D eigenvalue weighted by molar-refractivity contribution is 7.99. The van der Waals surface area contributed by atoms with Crippen molar-refractivity contribution in [3.05, 3.63) is 34.7 Å². The normalized spacial score (nSPS) is 14.2. The number of thioether (sulfide) groups is 1.